The van der Waals surface area contributed by atoms with Crippen molar-refractivity contribution in [1.29, 1.82) is 0 Å². The molecule has 1 saturated heterocycles. The number of halogens is 2. The lowest BCUT2D eigenvalue weighted by molar-refractivity contribution is 0.288. The molecule has 0 aliphatic carbocycles. The Bertz CT molecular complexity index is 1460. The summed E-state index contributed by atoms with van der Waals surface area (Å²) < 4.78 is 36.9. The van der Waals surface area contributed by atoms with Crippen molar-refractivity contribution in [3.05, 3.63) is 60.2 Å². The van der Waals surface area contributed by atoms with Gasteiger partial charge in [-0.05, 0) is 25.1 Å². The summed E-state index contributed by atoms with van der Waals surface area (Å²) in [7, 11) is 0. The molecule has 1 aromatic carbocycles. The quantitative estimate of drug-likeness (QED) is 0.321. The van der Waals surface area contributed by atoms with E-state index in [0.29, 0.717) is 53.0 Å². The third kappa shape index (κ3) is 4.18. The van der Waals surface area contributed by atoms with E-state index in [4.69, 9.17) is 4.74 Å². The van der Waals surface area contributed by atoms with Gasteiger partial charge in [0.15, 0.2) is 23.6 Å². The third-order valence-electron chi connectivity index (χ3n) is 6.09. The van der Waals surface area contributed by atoms with Crippen molar-refractivity contribution in [3.8, 4) is 11.5 Å². The van der Waals surface area contributed by atoms with E-state index in [2.05, 4.69) is 46.3 Å². The maximum absolute atomic E-state index is 15.4. The van der Waals surface area contributed by atoms with Crippen LogP contribution in [0, 0.1) is 12.7 Å². The molecule has 0 saturated carbocycles. The summed E-state index contributed by atoms with van der Waals surface area (Å²) in [5, 5.41) is 16.4. The Morgan fingerprint density at radius 1 is 1.14 bits per heavy atom. The van der Waals surface area contributed by atoms with Gasteiger partial charge in [-0.2, -0.15) is 5.10 Å². The van der Waals surface area contributed by atoms with Gasteiger partial charge >= 0.3 is 0 Å². The normalized spacial score (nSPS) is 20.8. The highest BCUT2D eigenvalue weighted by atomic mass is 19.1. The Hall–Kier alpha value is -4.23. The average Bonchev–Trinajstić information content (AvgIpc) is 3.52. The Labute approximate surface area is 204 Å². The van der Waals surface area contributed by atoms with Crippen LogP contribution >= 0.6 is 0 Å². The van der Waals surface area contributed by atoms with Crippen molar-refractivity contribution < 1.29 is 13.5 Å². The lowest BCUT2D eigenvalue weighted by atomic mass is 10.1. The topological polar surface area (TPSA) is 126 Å². The predicted octanol–water partition coefficient (Wildman–Crippen LogP) is 2.53. The molecule has 36 heavy (non-hydrogen) atoms. The molecule has 0 bridgehead atoms. The van der Waals surface area contributed by atoms with Gasteiger partial charge in [0.25, 0.3) is 0 Å². The standard InChI is InChI=1S/C23H22F2N10O/c1-12-18(36-13-4-5-35-19(6-13)29-11-31-35)3-2-15(20(12)25)32-22-21-17(28-10-30-22)9-27-23(34-21)33-16-8-26-7-14(16)24/h2-6,9-11,14,16,23,26,33-34H,7-8H2,1H3,(H,28,30,32). The second-order valence-corrected chi connectivity index (χ2v) is 8.46. The van der Waals surface area contributed by atoms with Crippen LogP contribution in [0.25, 0.3) is 5.65 Å². The summed E-state index contributed by atoms with van der Waals surface area (Å²) in [6.45, 7) is 2.44. The van der Waals surface area contributed by atoms with Gasteiger partial charge in [-0.15, -0.1) is 0 Å². The number of nitrogens with one attached hydrogen (secondary N) is 4. The SMILES string of the molecule is Cc1c(Oc2ccn3ncnc3c2)ccc(Nc2ncnc3c2NC(NC2CNCC2F)N=C3)c1F. The summed E-state index contributed by atoms with van der Waals surface area (Å²) in [6.07, 6.45) is 4.52. The first-order valence-corrected chi connectivity index (χ1v) is 11.3. The van der Waals surface area contributed by atoms with Gasteiger partial charge in [0.05, 0.1) is 17.9 Å². The number of ether oxygens (including phenoxy) is 1. The van der Waals surface area contributed by atoms with Crippen LogP contribution in [0.1, 0.15) is 11.3 Å². The lowest BCUT2D eigenvalue weighted by Crippen LogP contribution is -2.47. The highest BCUT2D eigenvalue weighted by molar-refractivity contribution is 5.92. The molecule has 11 nitrogen and oxygen atoms in total. The zero-order valence-corrected chi connectivity index (χ0v) is 19.1. The van der Waals surface area contributed by atoms with Crippen molar-refractivity contribution >= 4 is 29.1 Å². The van der Waals surface area contributed by atoms with E-state index in [0.717, 1.165) is 0 Å². The minimum Gasteiger partial charge on any atom is -0.457 e. The maximum atomic E-state index is 15.4. The van der Waals surface area contributed by atoms with Crippen LogP contribution in [0.4, 0.5) is 26.0 Å². The molecule has 4 aromatic rings. The molecule has 0 radical (unpaired) electrons. The zero-order chi connectivity index (χ0) is 24.6. The molecule has 3 atom stereocenters. The third-order valence-corrected chi connectivity index (χ3v) is 6.09. The fraction of sp³-hybridized carbons (Fsp3) is 0.261. The number of hydrogen-bond donors (Lipinski definition) is 4. The van der Waals surface area contributed by atoms with Gasteiger partial charge in [0.1, 0.15) is 41.7 Å². The molecule has 184 valence electrons. The van der Waals surface area contributed by atoms with E-state index in [1.54, 1.807) is 48.1 Å². The van der Waals surface area contributed by atoms with Gasteiger partial charge in [0, 0.05) is 30.9 Å². The van der Waals surface area contributed by atoms with E-state index in [1.807, 2.05) is 0 Å². The van der Waals surface area contributed by atoms with E-state index in [1.165, 1.54) is 12.7 Å². The number of rotatable bonds is 6. The second kappa shape index (κ2) is 9.09. The first-order chi connectivity index (χ1) is 17.5. The highest BCUT2D eigenvalue weighted by Crippen LogP contribution is 2.34. The molecular weight excluding hydrogens is 470 g/mol. The number of pyridine rings is 1. The summed E-state index contributed by atoms with van der Waals surface area (Å²) in [5.41, 5.74) is 2.22. The second-order valence-electron chi connectivity index (χ2n) is 8.46. The Morgan fingerprint density at radius 3 is 2.92 bits per heavy atom. The minimum atomic E-state index is -1.01. The molecular formula is C23H22F2N10O. The van der Waals surface area contributed by atoms with Crippen LogP contribution in [0.15, 0.2) is 48.1 Å². The van der Waals surface area contributed by atoms with Crippen LogP contribution in [-0.2, 0) is 0 Å². The van der Waals surface area contributed by atoms with E-state index >= 15 is 4.39 Å². The summed E-state index contributed by atoms with van der Waals surface area (Å²) in [4.78, 5) is 17.0. The number of aromatic nitrogens is 5. The van der Waals surface area contributed by atoms with E-state index in [9.17, 15) is 4.39 Å². The summed E-state index contributed by atoms with van der Waals surface area (Å²) in [6, 6.07) is 6.32. The smallest absolute Gasteiger partial charge is 0.174 e. The number of alkyl halides is 1. The summed E-state index contributed by atoms with van der Waals surface area (Å²) >= 11 is 0. The molecule has 1 fully saturated rings. The van der Waals surface area contributed by atoms with Crippen molar-refractivity contribution in [3.63, 3.8) is 0 Å². The van der Waals surface area contributed by atoms with Crippen molar-refractivity contribution in [2.45, 2.75) is 25.4 Å². The number of nitrogens with zero attached hydrogens (tertiary/aromatic N) is 6. The highest BCUT2D eigenvalue weighted by Gasteiger charge is 2.30. The van der Waals surface area contributed by atoms with Crippen LogP contribution in [0.2, 0.25) is 0 Å². The number of aliphatic imine (C=N–C) groups is 1. The first-order valence-electron chi connectivity index (χ1n) is 11.3. The van der Waals surface area contributed by atoms with E-state index in [-0.39, 0.29) is 11.7 Å². The zero-order valence-electron chi connectivity index (χ0n) is 19.1. The first kappa shape index (κ1) is 22.2. The van der Waals surface area contributed by atoms with Crippen LogP contribution in [-0.4, -0.2) is 62.4 Å². The van der Waals surface area contributed by atoms with E-state index < -0.39 is 18.3 Å². The molecule has 5 heterocycles. The molecule has 2 aliphatic rings. The average molecular weight is 492 g/mol. The molecule has 4 N–H and O–H groups in total. The van der Waals surface area contributed by atoms with Crippen molar-refractivity contribution in [2.24, 2.45) is 4.99 Å². The number of hydrogen-bond acceptors (Lipinski definition) is 10. The lowest BCUT2D eigenvalue weighted by Gasteiger charge is -2.26. The van der Waals surface area contributed by atoms with Crippen LogP contribution < -0.4 is 26.0 Å². The van der Waals surface area contributed by atoms with Crippen LogP contribution in [0.5, 0.6) is 11.5 Å². The number of benzene rings is 1. The fourth-order valence-electron chi connectivity index (χ4n) is 4.14. The monoisotopic (exact) mass is 492 g/mol. The Kier molecular flexibility index (Phi) is 5.62. The number of anilines is 3. The maximum Gasteiger partial charge on any atom is 0.174 e. The molecule has 2 aliphatic heterocycles. The minimum absolute atomic E-state index is 0.214. The van der Waals surface area contributed by atoms with Gasteiger partial charge in [0.2, 0.25) is 0 Å². The van der Waals surface area contributed by atoms with Gasteiger partial charge in [-0.1, -0.05) is 0 Å². The molecule has 6 rings (SSSR count). The van der Waals surface area contributed by atoms with Gasteiger partial charge in [-0.25, -0.2) is 28.2 Å². The molecule has 3 unspecified atom stereocenters. The Morgan fingerprint density at radius 2 is 2.06 bits per heavy atom. The van der Waals surface area contributed by atoms with Gasteiger partial charge < -0.3 is 20.7 Å². The molecule has 0 spiro atoms. The largest absolute Gasteiger partial charge is 0.457 e. The predicted molar refractivity (Wildman–Crippen MR) is 129 cm³/mol. The van der Waals surface area contributed by atoms with Gasteiger partial charge in [-0.3, -0.25) is 10.3 Å². The van der Waals surface area contributed by atoms with Crippen molar-refractivity contribution in [2.75, 3.05) is 23.7 Å². The molecule has 13 heteroatoms. The summed E-state index contributed by atoms with van der Waals surface area (Å²) in [5.74, 6) is 0.758. The molecule has 3 aromatic heterocycles. The number of fused-ring (bicyclic) bond motifs is 2. The van der Waals surface area contributed by atoms with Crippen molar-refractivity contribution in [1.82, 2.24) is 35.2 Å². The fourth-order valence-corrected chi connectivity index (χ4v) is 4.14. The molecule has 0 amide bonds. The Balaban J connectivity index is 1.21. The van der Waals surface area contributed by atoms with Crippen LogP contribution in [0.3, 0.4) is 0 Å².